The number of H-pyrrole nitrogens is 1. The highest BCUT2D eigenvalue weighted by Crippen LogP contribution is 2.54. The van der Waals surface area contributed by atoms with Crippen molar-refractivity contribution in [3.63, 3.8) is 0 Å². The van der Waals surface area contributed by atoms with Gasteiger partial charge in [-0.2, -0.15) is 5.10 Å². The fraction of sp³-hybridized carbons (Fsp3) is 0.750. The van der Waals surface area contributed by atoms with Crippen LogP contribution in [-0.2, 0) is 0 Å². The van der Waals surface area contributed by atoms with Crippen LogP contribution in [0.1, 0.15) is 63.1 Å². The highest BCUT2D eigenvalue weighted by atomic mass is 15.2. The summed E-state index contributed by atoms with van der Waals surface area (Å²) in [5.41, 5.74) is 3.00. The van der Waals surface area contributed by atoms with E-state index in [4.69, 9.17) is 0 Å². The van der Waals surface area contributed by atoms with Crippen LogP contribution in [-0.4, -0.2) is 15.7 Å². The lowest BCUT2D eigenvalue weighted by molar-refractivity contribution is 0.625. The molecule has 2 N–H and O–H groups in total. The molecular weight excluding hydrogens is 186 g/mol. The fourth-order valence-electron chi connectivity index (χ4n) is 3.04. The molecule has 2 aliphatic carbocycles. The maximum Gasteiger partial charge on any atom is 0.151 e. The standard InChI is InChI=1S/C12H19N3/c1-12(2,3)13-11-9-7-4-5-8(6-7)10(9)14-15-11/h7-8H,4-6H2,1-3H3,(H2,13,14,15). The highest BCUT2D eigenvalue weighted by molar-refractivity contribution is 5.55. The molecule has 3 rings (SSSR count). The van der Waals surface area contributed by atoms with Crippen molar-refractivity contribution < 1.29 is 0 Å². The van der Waals surface area contributed by atoms with Crippen LogP contribution in [0, 0.1) is 0 Å². The van der Waals surface area contributed by atoms with Gasteiger partial charge in [-0.05, 0) is 46.0 Å². The third kappa shape index (κ3) is 1.36. The van der Waals surface area contributed by atoms with Crippen molar-refractivity contribution in [2.75, 3.05) is 5.32 Å². The molecule has 1 aromatic heterocycles. The van der Waals surface area contributed by atoms with E-state index in [1.165, 1.54) is 30.5 Å². The van der Waals surface area contributed by atoms with Gasteiger partial charge in [0, 0.05) is 22.7 Å². The molecule has 0 radical (unpaired) electrons. The summed E-state index contributed by atoms with van der Waals surface area (Å²) in [5, 5.41) is 11.2. The van der Waals surface area contributed by atoms with E-state index in [9.17, 15) is 0 Å². The molecule has 2 unspecified atom stereocenters. The van der Waals surface area contributed by atoms with Gasteiger partial charge in [-0.25, -0.2) is 0 Å². The second-order valence-electron chi connectivity index (χ2n) is 5.98. The van der Waals surface area contributed by atoms with Crippen LogP contribution in [0.3, 0.4) is 0 Å². The van der Waals surface area contributed by atoms with Gasteiger partial charge in [0.15, 0.2) is 5.82 Å². The summed E-state index contributed by atoms with van der Waals surface area (Å²) in [6.07, 6.45) is 4.06. The molecule has 0 spiro atoms. The Labute approximate surface area is 90.7 Å². The molecule has 2 bridgehead atoms. The van der Waals surface area contributed by atoms with E-state index in [0.717, 1.165) is 17.7 Å². The SMILES string of the molecule is CC(C)(C)Nc1n[nH]c2c1C1CCC2C1. The fourth-order valence-corrected chi connectivity index (χ4v) is 3.04. The van der Waals surface area contributed by atoms with Crippen LogP contribution in [0.4, 0.5) is 5.82 Å². The van der Waals surface area contributed by atoms with Gasteiger partial charge in [0.05, 0.1) is 0 Å². The second-order valence-corrected chi connectivity index (χ2v) is 5.98. The molecule has 1 heterocycles. The van der Waals surface area contributed by atoms with E-state index in [2.05, 4.69) is 36.3 Å². The van der Waals surface area contributed by atoms with Gasteiger partial charge in [-0.3, -0.25) is 5.10 Å². The summed E-state index contributed by atoms with van der Waals surface area (Å²) < 4.78 is 0. The van der Waals surface area contributed by atoms with Gasteiger partial charge in [-0.15, -0.1) is 0 Å². The molecular formula is C12H19N3. The molecule has 1 fully saturated rings. The Balaban J connectivity index is 1.96. The molecule has 0 saturated heterocycles. The van der Waals surface area contributed by atoms with Gasteiger partial charge in [0.25, 0.3) is 0 Å². The minimum absolute atomic E-state index is 0.102. The first-order valence-corrected chi connectivity index (χ1v) is 5.91. The highest BCUT2D eigenvalue weighted by Gasteiger charge is 2.41. The number of anilines is 1. The van der Waals surface area contributed by atoms with E-state index >= 15 is 0 Å². The minimum Gasteiger partial charge on any atom is -0.364 e. The monoisotopic (exact) mass is 205 g/mol. The number of hydrogen-bond acceptors (Lipinski definition) is 2. The van der Waals surface area contributed by atoms with Crippen molar-refractivity contribution in [3.8, 4) is 0 Å². The predicted molar refractivity (Wildman–Crippen MR) is 61.3 cm³/mol. The van der Waals surface area contributed by atoms with E-state index < -0.39 is 0 Å². The zero-order chi connectivity index (χ0) is 10.6. The second kappa shape index (κ2) is 2.77. The maximum absolute atomic E-state index is 4.43. The number of rotatable bonds is 1. The molecule has 0 amide bonds. The summed E-state index contributed by atoms with van der Waals surface area (Å²) >= 11 is 0. The van der Waals surface area contributed by atoms with Crippen molar-refractivity contribution >= 4 is 5.82 Å². The van der Waals surface area contributed by atoms with Crippen LogP contribution in [0.15, 0.2) is 0 Å². The molecule has 1 saturated carbocycles. The van der Waals surface area contributed by atoms with Crippen molar-refractivity contribution in [3.05, 3.63) is 11.3 Å². The van der Waals surface area contributed by atoms with Gasteiger partial charge >= 0.3 is 0 Å². The number of hydrogen-bond donors (Lipinski definition) is 2. The van der Waals surface area contributed by atoms with Crippen molar-refractivity contribution in [2.45, 2.75) is 57.4 Å². The summed E-state index contributed by atoms with van der Waals surface area (Å²) in [7, 11) is 0. The number of aromatic amines is 1. The Morgan fingerprint density at radius 3 is 2.73 bits per heavy atom. The van der Waals surface area contributed by atoms with E-state index in [-0.39, 0.29) is 5.54 Å². The number of nitrogens with zero attached hydrogens (tertiary/aromatic N) is 1. The summed E-state index contributed by atoms with van der Waals surface area (Å²) in [6, 6.07) is 0. The Kier molecular flexibility index (Phi) is 1.71. The summed E-state index contributed by atoms with van der Waals surface area (Å²) in [5.74, 6) is 2.64. The normalized spacial score (nSPS) is 28.2. The Hall–Kier alpha value is -0.990. The first-order valence-electron chi connectivity index (χ1n) is 5.91. The lowest BCUT2D eigenvalue weighted by Gasteiger charge is -2.22. The van der Waals surface area contributed by atoms with Crippen LogP contribution in [0.25, 0.3) is 0 Å². The quantitative estimate of drug-likeness (QED) is 0.740. The third-order valence-corrected chi connectivity index (χ3v) is 3.58. The molecule has 3 nitrogen and oxygen atoms in total. The maximum atomic E-state index is 4.43. The van der Waals surface area contributed by atoms with Crippen LogP contribution in [0.2, 0.25) is 0 Å². The molecule has 1 aromatic rings. The lowest BCUT2D eigenvalue weighted by Crippen LogP contribution is -2.27. The predicted octanol–water partition coefficient (Wildman–Crippen LogP) is 2.98. The molecule has 3 heteroatoms. The number of nitrogens with one attached hydrogen (secondary N) is 2. The first-order chi connectivity index (χ1) is 7.04. The third-order valence-electron chi connectivity index (χ3n) is 3.58. The zero-order valence-corrected chi connectivity index (χ0v) is 9.72. The number of fused-ring (bicyclic) bond motifs is 5. The van der Waals surface area contributed by atoms with Crippen molar-refractivity contribution in [2.24, 2.45) is 0 Å². The van der Waals surface area contributed by atoms with Crippen LogP contribution in [0.5, 0.6) is 0 Å². The van der Waals surface area contributed by atoms with Crippen LogP contribution >= 0.6 is 0 Å². The first kappa shape index (κ1) is 9.25. The molecule has 2 aliphatic rings. The van der Waals surface area contributed by atoms with Crippen molar-refractivity contribution in [1.82, 2.24) is 10.2 Å². The molecule has 2 atom stereocenters. The largest absolute Gasteiger partial charge is 0.364 e. The van der Waals surface area contributed by atoms with Gasteiger partial charge < -0.3 is 5.32 Å². The summed E-state index contributed by atoms with van der Waals surface area (Å²) in [6.45, 7) is 6.55. The Morgan fingerprint density at radius 2 is 2.00 bits per heavy atom. The van der Waals surface area contributed by atoms with Gasteiger partial charge in [0.2, 0.25) is 0 Å². The minimum atomic E-state index is 0.102. The average Bonchev–Trinajstić information content (AvgIpc) is 2.72. The Morgan fingerprint density at radius 1 is 1.27 bits per heavy atom. The summed E-state index contributed by atoms with van der Waals surface area (Å²) in [4.78, 5) is 0. The van der Waals surface area contributed by atoms with E-state index in [1.54, 1.807) is 0 Å². The average molecular weight is 205 g/mol. The van der Waals surface area contributed by atoms with Crippen LogP contribution < -0.4 is 5.32 Å². The topological polar surface area (TPSA) is 40.7 Å². The van der Waals surface area contributed by atoms with Gasteiger partial charge in [-0.1, -0.05) is 0 Å². The van der Waals surface area contributed by atoms with Crippen molar-refractivity contribution in [1.29, 1.82) is 0 Å². The molecule has 82 valence electrons. The molecule has 0 aromatic carbocycles. The smallest absolute Gasteiger partial charge is 0.151 e. The van der Waals surface area contributed by atoms with E-state index in [0.29, 0.717) is 0 Å². The zero-order valence-electron chi connectivity index (χ0n) is 9.72. The van der Waals surface area contributed by atoms with Gasteiger partial charge in [0.1, 0.15) is 0 Å². The molecule has 15 heavy (non-hydrogen) atoms. The number of aromatic nitrogens is 2. The molecule has 0 aliphatic heterocycles. The Bertz CT molecular complexity index is 386. The van der Waals surface area contributed by atoms with E-state index in [1.807, 2.05) is 0 Å². The lowest BCUT2D eigenvalue weighted by atomic mass is 9.97.